The molecule has 3 aromatic rings. The van der Waals surface area contributed by atoms with Crippen LogP contribution in [0.15, 0.2) is 48.5 Å². The molecular formula is C24H26N6OS. The molecule has 2 heterocycles. The largest absolute Gasteiger partial charge is 0.370 e. The number of nitriles is 1. The van der Waals surface area contributed by atoms with E-state index in [9.17, 15) is 4.79 Å². The Morgan fingerprint density at radius 3 is 2.56 bits per heavy atom. The predicted molar refractivity (Wildman–Crippen MR) is 127 cm³/mol. The number of hydrogen-bond donors (Lipinski definition) is 1. The first-order valence-corrected chi connectivity index (χ1v) is 11.7. The lowest BCUT2D eigenvalue weighted by Gasteiger charge is -2.23. The Balaban J connectivity index is 1.31. The van der Waals surface area contributed by atoms with Gasteiger partial charge >= 0.3 is 0 Å². The van der Waals surface area contributed by atoms with Crippen LogP contribution in [0.5, 0.6) is 0 Å². The van der Waals surface area contributed by atoms with Crippen molar-refractivity contribution in [2.24, 2.45) is 0 Å². The number of amides is 1. The number of nitrogens with zero attached hydrogens (tertiary/aromatic N) is 5. The summed E-state index contributed by atoms with van der Waals surface area (Å²) < 4.78 is 0. The Morgan fingerprint density at radius 1 is 1.06 bits per heavy atom. The van der Waals surface area contributed by atoms with E-state index in [1.165, 1.54) is 16.9 Å². The molecule has 4 rings (SSSR count). The second-order valence-electron chi connectivity index (χ2n) is 7.78. The summed E-state index contributed by atoms with van der Waals surface area (Å²) in [5.41, 5.74) is 3.82. The standard InChI is InChI=1S/C24H26N6OS/c1-2-18-4-8-20(9-5-18)26-23(31)24-28-27-22(32-24)17-29-12-3-13-30(15-14-29)21-10-6-19(16-25)7-11-21/h4-11H,2-3,12-15,17H2,1H3,(H,26,31). The van der Waals surface area contributed by atoms with Gasteiger partial charge in [-0.1, -0.05) is 30.4 Å². The normalized spacial score (nSPS) is 14.6. The summed E-state index contributed by atoms with van der Waals surface area (Å²) in [7, 11) is 0. The minimum absolute atomic E-state index is 0.221. The zero-order valence-electron chi connectivity index (χ0n) is 18.1. The van der Waals surface area contributed by atoms with Gasteiger partial charge in [-0.05, 0) is 54.8 Å². The van der Waals surface area contributed by atoms with Crippen molar-refractivity contribution >= 4 is 28.6 Å². The van der Waals surface area contributed by atoms with Crippen molar-refractivity contribution < 1.29 is 4.79 Å². The third-order valence-corrected chi connectivity index (χ3v) is 6.50. The zero-order chi connectivity index (χ0) is 22.3. The van der Waals surface area contributed by atoms with Gasteiger partial charge in [0.15, 0.2) is 0 Å². The molecule has 1 fully saturated rings. The fraction of sp³-hybridized carbons (Fsp3) is 0.333. The average Bonchev–Trinajstić information content (AvgIpc) is 3.18. The van der Waals surface area contributed by atoms with Crippen molar-refractivity contribution in [1.29, 1.82) is 5.26 Å². The topological polar surface area (TPSA) is 85.2 Å². The third-order valence-electron chi connectivity index (χ3n) is 5.59. The molecule has 1 saturated heterocycles. The molecule has 1 amide bonds. The molecule has 0 aliphatic carbocycles. The van der Waals surface area contributed by atoms with Gasteiger partial charge in [0, 0.05) is 37.6 Å². The number of aryl methyl sites for hydroxylation is 1. The maximum atomic E-state index is 12.5. The van der Waals surface area contributed by atoms with Crippen LogP contribution in [0.4, 0.5) is 11.4 Å². The van der Waals surface area contributed by atoms with Gasteiger partial charge in [-0.3, -0.25) is 9.69 Å². The van der Waals surface area contributed by atoms with Crippen LogP contribution in [0, 0.1) is 11.3 Å². The Labute approximate surface area is 192 Å². The van der Waals surface area contributed by atoms with Gasteiger partial charge in [0.05, 0.1) is 18.2 Å². The fourth-order valence-electron chi connectivity index (χ4n) is 3.74. The molecule has 32 heavy (non-hydrogen) atoms. The number of carbonyl (C=O) groups excluding carboxylic acids is 1. The highest BCUT2D eigenvalue weighted by Gasteiger charge is 2.19. The van der Waals surface area contributed by atoms with Gasteiger partial charge in [-0.25, -0.2) is 0 Å². The highest BCUT2D eigenvalue weighted by molar-refractivity contribution is 7.13. The zero-order valence-corrected chi connectivity index (χ0v) is 18.9. The molecular weight excluding hydrogens is 420 g/mol. The maximum absolute atomic E-state index is 12.5. The van der Waals surface area contributed by atoms with Crippen molar-refractivity contribution in [1.82, 2.24) is 15.1 Å². The van der Waals surface area contributed by atoms with Gasteiger partial charge < -0.3 is 10.2 Å². The monoisotopic (exact) mass is 446 g/mol. The number of rotatable bonds is 6. The van der Waals surface area contributed by atoms with E-state index < -0.39 is 0 Å². The third kappa shape index (κ3) is 5.49. The minimum Gasteiger partial charge on any atom is -0.370 e. The van der Waals surface area contributed by atoms with Crippen molar-refractivity contribution in [2.75, 3.05) is 36.4 Å². The molecule has 1 N–H and O–H groups in total. The number of nitrogens with one attached hydrogen (secondary N) is 1. The van der Waals surface area contributed by atoms with Gasteiger partial charge in [0.1, 0.15) is 5.01 Å². The summed E-state index contributed by atoms with van der Waals surface area (Å²) in [6.45, 7) is 6.56. The molecule has 1 aliphatic heterocycles. The van der Waals surface area contributed by atoms with Gasteiger partial charge in [0.2, 0.25) is 5.01 Å². The Hall–Kier alpha value is -3.28. The Morgan fingerprint density at radius 2 is 1.84 bits per heavy atom. The van der Waals surface area contributed by atoms with Gasteiger partial charge in [-0.15, -0.1) is 10.2 Å². The molecule has 0 radical (unpaired) electrons. The summed E-state index contributed by atoms with van der Waals surface area (Å²) >= 11 is 1.35. The van der Waals surface area contributed by atoms with E-state index in [0.717, 1.165) is 55.4 Å². The van der Waals surface area contributed by atoms with Crippen LogP contribution in [0.25, 0.3) is 0 Å². The van der Waals surface area contributed by atoms with Crippen LogP contribution in [0.1, 0.15) is 39.3 Å². The lowest BCUT2D eigenvalue weighted by atomic mass is 10.1. The molecule has 1 aromatic heterocycles. The molecule has 164 valence electrons. The highest BCUT2D eigenvalue weighted by atomic mass is 32.1. The molecule has 7 nitrogen and oxygen atoms in total. The lowest BCUT2D eigenvalue weighted by molar-refractivity contribution is 0.102. The van der Waals surface area contributed by atoms with E-state index in [0.29, 0.717) is 17.1 Å². The van der Waals surface area contributed by atoms with Gasteiger partial charge in [0.25, 0.3) is 5.91 Å². The molecule has 0 bridgehead atoms. The summed E-state index contributed by atoms with van der Waals surface area (Å²) in [4.78, 5) is 17.2. The SMILES string of the molecule is CCc1ccc(NC(=O)c2nnc(CN3CCCN(c4ccc(C#N)cc4)CC3)s2)cc1. The predicted octanol–water partition coefficient (Wildman–Crippen LogP) is 3.94. The van der Waals surface area contributed by atoms with Crippen molar-refractivity contribution in [3.8, 4) is 6.07 Å². The summed E-state index contributed by atoms with van der Waals surface area (Å²) in [6, 6.07) is 17.8. The number of hydrogen-bond acceptors (Lipinski definition) is 7. The van der Waals surface area contributed by atoms with Crippen LogP contribution < -0.4 is 10.2 Å². The second-order valence-corrected chi connectivity index (χ2v) is 8.84. The minimum atomic E-state index is -0.221. The van der Waals surface area contributed by atoms with Crippen molar-refractivity contribution in [2.45, 2.75) is 26.3 Å². The van der Waals surface area contributed by atoms with E-state index in [-0.39, 0.29) is 5.91 Å². The van der Waals surface area contributed by atoms with E-state index in [1.807, 2.05) is 48.5 Å². The van der Waals surface area contributed by atoms with E-state index in [4.69, 9.17) is 5.26 Å². The molecule has 0 saturated carbocycles. The van der Waals surface area contributed by atoms with Crippen molar-refractivity contribution in [3.63, 3.8) is 0 Å². The molecule has 0 spiro atoms. The first-order valence-electron chi connectivity index (χ1n) is 10.8. The fourth-order valence-corrected chi connectivity index (χ4v) is 4.52. The molecule has 8 heteroatoms. The molecule has 2 aromatic carbocycles. The average molecular weight is 447 g/mol. The first kappa shape index (κ1) is 21.9. The number of benzene rings is 2. The quantitative estimate of drug-likeness (QED) is 0.617. The summed E-state index contributed by atoms with van der Waals surface area (Å²) in [5.74, 6) is -0.221. The molecule has 0 unspecified atom stereocenters. The first-order chi connectivity index (χ1) is 15.6. The Bertz CT molecular complexity index is 1090. The van der Waals surface area contributed by atoms with Crippen LogP contribution in [0.2, 0.25) is 0 Å². The number of carbonyl (C=O) groups is 1. The van der Waals surface area contributed by atoms with E-state index in [1.54, 1.807) is 0 Å². The van der Waals surface area contributed by atoms with Crippen LogP contribution in [-0.4, -0.2) is 47.2 Å². The Kier molecular flexibility index (Phi) is 7.10. The van der Waals surface area contributed by atoms with Crippen LogP contribution in [-0.2, 0) is 13.0 Å². The lowest BCUT2D eigenvalue weighted by Crippen LogP contribution is -2.30. The van der Waals surface area contributed by atoms with Crippen molar-refractivity contribution in [3.05, 3.63) is 69.7 Å². The smallest absolute Gasteiger partial charge is 0.286 e. The summed E-state index contributed by atoms with van der Waals surface area (Å²) in [6.07, 6.45) is 2.01. The van der Waals surface area contributed by atoms with Crippen LogP contribution in [0.3, 0.4) is 0 Å². The van der Waals surface area contributed by atoms with E-state index >= 15 is 0 Å². The highest BCUT2D eigenvalue weighted by Crippen LogP contribution is 2.20. The summed E-state index contributed by atoms with van der Waals surface area (Å²) in [5, 5.41) is 21.5. The number of anilines is 2. The molecule has 1 aliphatic rings. The second kappa shape index (κ2) is 10.4. The molecule has 0 atom stereocenters. The number of aromatic nitrogens is 2. The van der Waals surface area contributed by atoms with Gasteiger partial charge in [-0.2, -0.15) is 5.26 Å². The maximum Gasteiger partial charge on any atom is 0.286 e. The van der Waals surface area contributed by atoms with E-state index in [2.05, 4.69) is 38.3 Å². The van der Waals surface area contributed by atoms with Crippen LogP contribution >= 0.6 is 11.3 Å².